The van der Waals surface area contributed by atoms with E-state index >= 15 is 0 Å². The van der Waals surface area contributed by atoms with E-state index in [0.717, 1.165) is 0 Å². The van der Waals surface area contributed by atoms with Crippen LogP contribution in [-0.2, 0) is 19.2 Å². The standard InChI is InChI=1S/C14H8N2O5S2.Li/c15-8-10-3-1-6-14(13(10)9-16)23(18,19)12-5-2-4-11(7-12)22-21-20-17;/h1-7,17H;/q;+1/p-1. The monoisotopic (exact) mass is 354 g/mol. The average Bonchev–Trinajstić information content (AvgIpc) is 2.59. The zero-order chi connectivity index (χ0) is 16.9. The summed E-state index contributed by atoms with van der Waals surface area (Å²) in [5, 5.41) is 31.2. The van der Waals surface area contributed by atoms with Crippen molar-refractivity contribution in [1.82, 2.24) is 0 Å². The summed E-state index contributed by atoms with van der Waals surface area (Å²) >= 11 is 0.547. The molecule has 0 atom stereocenters. The summed E-state index contributed by atoms with van der Waals surface area (Å²) in [5.74, 6) is 0. The molecule has 0 aromatic heterocycles. The molecule has 0 bridgehead atoms. The number of rotatable bonds is 5. The van der Waals surface area contributed by atoms with E-state index in [9.17, 15) is 18.9 Å². The van der Waals surface area contributed by atoms with Gasteiger partial charge in [-0.15, -0.1) is 0 Å². The van der Waals surface area contributed by atoms with Gasteiger partial charge in [-0.2, -0.15) is 14.9 Å². The smallest absolute Gasteiger partial charge is 0.691 e. The van der Waals surface area contributed by atoms with Gasteiger partial charge in [-0.05, 0) is 30.3 Å². The first-order valence-corrected chi connectivity index (χ1v) is 8.18. The van der Waals surface area contributed by atoms with Crippen molar-refractivity contribution in [3.63, 3.8) is 0 Å². The molecule has 0 unspecified atom stereocenters. The molecule has 0 aliphatic heterocycles. The van der Waals surface area contributed by atoms with Crippen molar-refractivity contribution in [3.05, 3.63) is 53.6 Å². The van der Waals surface area contributed by atoms with Crippen LogP contribution in [0.25, 0.3) is 0 Å². The van der Waals surface area contributed by atoms with E-state index in [2.05, 4.69) is 9.37 Å². The van der Waals surface area contributed by atoms with E-state index in [1.807, 2.05) is 0 Å². The second kappa shape index (κ2) is 8.88. The van der Waals surface area contributed by atoms with Gasteiger partial charge >= 0.3 is 18.9 Å². The number of nitriles is 2. The van der Waals surface area contributed by atoms with Gasteiger partial charge < -0.3 is 5.26 Å². The van der Waals surface area contributed by atoms with Crippen LogP contribution in [0.2, 0.25) is 0 Å². The van der Waals surface area contributed by atoms with Crippen LogP contribution in [0.5, 0.6) is 0 Å². The van der Waals surface area contributed by atoms with Crippen LogP contribution in [0.3, 0.4) is 0 Å². The third-order valence-electron chi connectivity index (χ3n) is 2.82. The van der Waals surface area contributed by atoms with Gasteiger partial charge in [0.05, 0.1) is 33.0 Å². The fraction of sp³-hybridized carbons (Fsp3) is 0. The molecule has 0 saturated carbocycles. The Hall–Kier alpha value is -1.80. The summed E-state index contributed by atoms with van der Waals surface area (Å²) in [6.45, 7) is 0. The van der Waals surface area contributed by atoms with Gasteiger partial charge in [-0.3, -0.25) is 5.04 Å². The van der Waals surface area contributed by atoms with Gasteiger partial charge in [0.2, 0.25) is 9.84 Å². The second-order valence-corrected chi connectivity index (χ2v) is 6.79. The molecule has 116 valence electrons. The fourth-order valence-corrected chi connectivity index (χ4v) is 3.80. The molecule has 0 saturated heterocycles. The molecule has 2 rings (SSSR count). The van der Waals surface area contributed by atoms with E-state index in [-0.39, 0.29) is 39.8 Å². The molecule has 7 nitrogen and oxygen atoms in total. The Morgan fingerprint density at radius 3 is 2.42 bits per heavy atom. The molecule has 2 aromatic rings. The Labute approximate surface area is 154 Å². The first kappa shape index (κ1) is 20.2. The van der Waals surface area contributed by atoms with E-state index in [1.165, 1.54) is 42.5 Å². The predicted molar refractivity (Wildman–Crippen MR) is 75.8 cm³/mol. The average molecular weight is 354 g/mol. The molecular formula is C14H7LiN2O5S2. The molecule has 0 aliphatic carbocycles. The van der Waals surface area contributed by atoms with Crippen molar-refractivity contribution in [2.24, 2.45) is 0 Å². The van der Waals surface area contributed by atoms with Gasteiger partial charge in [0.25, 0.3) is 0 Å². The number of nitrogens with zero attached hydrogens (tertiary/aromatic N) is 2. The minimum atomic E-state index is -4.02. The molecule has 0 spiro atoms. The largest absolute Gasteiger partial charge is 1.00 e. The molecule has 0 fully saturated rings. The van der Waals surface area contributed by atoms with Gasteiger partial charge in [-0.25, -0.2) is 8.42 Å². The van der Waals surface area contributed by atoms with Crippen LogP contribution >= 0.6 is 12.0 Å². The Morgan fingerprint density at radius 1 is 1.08 bits per heavy atom. The summed E-state index contributed by atoms with van der Waals surface area (Å²) in [4.78, 5) is -0.0531. The van der Waals surface area contributed by atoms with Crippen molar-refractivity contribution in [1.29, 1.82) is 10.5 Å². The zero-order valence-electron chi connectivity index (χ0n) is 12.3. The van der Waals surface area contributed by atoms with Crippen molar-refractivity contribution in [2.45, 2.75) is 14.7 Å². The van der Waals surface area contributed by atoms with Crippen LogP contribution in [-0.4, -0.2) is 8.42 Å². The molecule has 24 heavy (non-hydrogen) atoms. The Morgan fingerprint density at radius 2 is 1.79 bits per heavy atom. The maximum absolute atomic E-state index is 12.7. The molecule has 0 heterocycles. The number of sulfone groups is 1. The quantitative estimate of drug-likeness (QED) is 0.275. The fourth-order valence-electron chi connectivity index (χ4n) is 1.84. The van der Waals surface area contributed by atoms with Crippen molar-refractivity contribution in [3.8, 4) is 12.1 Å². The molecule has 10 heteroatoms. The number of benzene rings is 2. The first-order valence-electron chi connectivity index (χ1n) is 5.96. The van der Waals surface area contributed by atoms with E-state index < -0.39 is 9.84 Å². The predicted octanol–water partition coefficient (Wildman–Crippen LogP) is -1.50. The summed E-state index contributed by atoms with van der Waals surface area (Å²) in [6, 6.07) is 13.1. The van der Waals surface area contributed by atoms with Gasteiger partial charge in [0.1, 0.15) is 12.1 Å². The molecule has 0 radical (unpaired) electrons. The summed E-state index contributed by atoms with van der Waals surface area (Å²) in [7, 11) is -4.02. The summed E-state index contributed by atoms with van der Waals surface area (Å²) in [6.07, 6.45) is 0. The minimum Gasteiger partial charge on any atom is -0.691 e. The third-order valence-corrected chi connectivity index (χ3v) is 5.19. The Kier molecular flexibility index (Phi) is 7.49. The first-order chi connectivity index (χ1) is 11.0. The minimum absolute atomic E-state index is 0. The Balaban J connectivity index is 0.00000288. The van der Waals surface area contributed by atoms with Gasteiger partial charge in [0.15, 0.2) is 0 Å². The van der Waals surface area contributed by atoms with Crippen LogP contribution in [0.1, 0.15) is 11.1 Å². The van der Waals surface area contributed by atoms with Crippen molar-refractivity contribution >= 4 is 21.9 Å². The topological polar surface area (TPSA) is 123 Å². The molecular weight excluding hydrogens is 347 g/mol. The SMILES string of the molecule is N#Cc1cccc(S(=O)(=O)c2cccc(SOO[O-])c2)c1C#N.[Li+]. The van der Waals surface area contributed by atoms with Gasteiger partial charge in [-0.1, -0.05) is 12.1 Å². The van der Waals surface area contributed by atoms with Crippen LogP contribution in [0.15, 0.2) is 57.2 Å². The second-order valence-electron chi connectivity index (χ2n) is 4.10. The van der Waals surface area contributed by atoms with Gasteiger partial charge in [0, 0.05) is 4.90 Å². The molecule has 0 amide bonds. The maximum Gasteiger partial charge on any atom is 1.00 e. The van der Waals surface area contributed by atoms with E-state index in [0.29, 0.717) is 16.9 Å². The zero-order valence-corrected chi connectivity index (χ0v) is 13.9. The molecule has 2 aromatic carbocycles. The Bertz CT molecular complexity index is 919. The summed E-state index contributed by atoms with van der Waals surface area (Å²) in [5.41, 5.74) is -0.241. The molecule has 0 N–H and O–H groups in total. The maximum atomic E-state index is 12.7. The number of hydrogen-bond acceptors (Lipinski definition) is 8. The molecule has 0 aliphatic rings. The van der Waals surface area contributed by atoms with E-state index in [1.54, 1.807) is 12.1 Å². The van der Waals surface area contributed by atoms with Crippen LogP contribution in [0, 0.1) is 22.7 Å². The van der Waals surface area contributed by atoms with Crippen molar-refractivity contribution < 1.29 is 41.9 Å². The van der Waals surface area contributed by atoms with Crippen LogP contribution < -0.4 is 24.1 Å². The van der Waals surface area contributed by atoms with Crippen LogP contribution in [0.4, 0.5) is 0 Å². The van der Waals surface area contributed by atoms with Crippen molar-refractivity contribution in [2.75, 3.05) is 0 Å². The summed E-state index contributed by atoms with van der Waals surface area (Å²) < 4.78 is 29.6. The third kappa shape index (κ3) is 4.18. The normalized spacial score (nSPS) is 10.3. The van der Waals surface area contributed by atoms with E-state index in [4.69, 9.17) is 5.26 Å². The number of hydrogen-bond donors (Lipinski definition) is 0.